The van der Waals surface area contributed by atoms with Crippen LogP contribution in [0.3, 0.4) is 0 Å². The Morgan fingerprint density at radius 2 is 2.31 bits per heavy atom. The third-order valence-corrected chi connectivity index (χ3v) is 4.20. The second-order valence-electron chi connectivity index (χ2n) is 3.87. The molecule has 2 unspecified atom stereocenters. The minimum Gasteiger partial charge on any atom is -0.299 e. The summed E-state index contributed by atoms with van der Waals surface area (Å²) in [6.07, 6.45) is 1.84. The van der Waals surface area contributed by atoms with Gasteiger partial charge >= 0.3 is 0 Å². The maximum atomic E-state index is 11.4. The van der Waals surface area contributed by atoms with Gasteiger partial charge in [0, 0.05) is 23.1 Å². The van der Waals surface area contributed by atoms with E-state index < -0.39 is 0 Å². The molecule has 1 aromatic rings. The van der Waals surface area contributed by atoms with Crippen LogP contribution in [0, 0.1) is 12.8 Å². The highest BCUT2D eigenvalue weighted by molar-refractivity contribution is 7.10. The first kappa shape index (κ1) is 8.95. The zero-order chi connectivity index (χ0) is 9.42. The maximum absolute atomic E-state index is 11.4. The largest absolute Gasteiger partial charge is 0.299 e. The molecule has 0 aromatic carbocycles. The molecule has 2 heteroatoms. The van der Waals surface area contributed by atoms with Crippen molar-refractivity contribution in [3.63, 3.8) is 0 Å². The molecular weight excluding hydrogens is 180 g/mol. The Labute approximate surface area is 82.8 Å². The number of Topliss-reactive ketones (excluding diaryl/α,β-unsaturated/α-hetero) is 1. The van der Waals surface area contributed by atoms with Crippen LogP contribution in [0.15, 0.2) is 11.4 Å². The molecule has 2 rings (SSSR count). The van der Waals surface area contributed by atoms with Crippen molar-refractivity contribution >= 4 is 17.1 Å². The molecule has 1 saturated carbocycles. The molecule has 70 valence electrons. The zero-order valence-corrected chi connectivity index (χ0v) is 8.86. The summed E-state index contributed by atoms with van der Waals surface area (Å²) < 4.78 is 0. The summed E-state index contributed by atoms with van der Waals surface area (Å²) in [6, 6.07) is 2.15. The predicted octanol–water partition coefficient (Wildman–Crippen LogP) is 3.14. The van der Waals surface area contributed by atoms with Gasteiger partial charge in [0.1, 0.15) is 5.78 Å². The van der Waals surface area contributed by atoms with Crippen LogP contribution < -0.4 is 0 Å². The van der Waals surface area contributed by atoms with Gasteiger partial charge in [-0.1, -0.05) is 6.92 Å². The molecule has 1 nitrogen and oxygen atoms in total. The Bertz CT molecular complexity index is 327. The molecule has 0 radical (unpaired) electrons. The van der Waals surface area contributed by atoms with Gasteiger partial charge in [-0.2, -0.15) is 0 Å². The smallest absolute Gasteiger partial charge is 0.136 e. The van der Waals surface area contributed by atoms with Crippen LogP contribution in [-0.4, -0.2) is 5.78 Å². The maximum Gasteiger partial charge on any atom is 0.136 e. The standard InChI is InChI=1S/C11H14OS/c1-7-5-6-13-11(7)9-3-4-10(12)8(9)2/h5-6,8-9H,3-4H2,1-2H3. The van der Waals surface area contributed by atoms with Crippen LogP contribution in [0.5, 0.6) is 0 Å². The molecule has 13 heavy (non-hydrogen) atoms. The Morgan fingerprint density at radius 1 is 1.54 bits per heavy atom. The van der Waals surface area contributed by atoms with Gasteiger partial charge in [0.25, 0.3) is 0 Å². The predicted molar refractivity (Wildman–Crippen MR) is 55.2 cm³/mol. The topological polar surface area (TPSA) is 17.1 Å². The van der Waals surface area contributed by atoms with Crippen LogP contribution in [0.1, 0.15) is 36.1 Å². The first-order chi connectivity index (χ1) is 6.20. The molecular formula is C11H14OS. The van der Waals surface area contributed by atoms with Crippen LogP contribution >= 0.6 is 11.3 Å². The van der Waals surface area contributed by atoms with Crippen LogP contribution in [0.4, 0.5) is 0 Å². The van der Waals surface area contributed by atoms with Gasteiger partial charge in [0.2, 0.25) is 0 Å². The average molecular weight is 194 g/mol. The van der Waals surface area contributed by atoms with Crippen molar-refractivity contribution in [3.05, 3.63) is 21.9 Å². The molecule has 1 aliphatic carbocycles. The minimum absolute atomic E-state index is 0.248. The normalized spacial score (nSPS) is 28.3. The minimum atomic E-state index is 0.248. The highest BCUT2D eigenvalue weighted by Gasteiger charge is 2.33. The molecule has 2 atom stereocenters. The van der Waals surface area contributed by atoms with E-state index in [1.165, 1.54) is 10.4 Å². The Hall–Kier alpha value is -0.630. The highest BCUT2D eigenvalue weighted by atomic mass is 32.1. The third-order valence-electron chi connectivity index (χ3n) is 3.05. The van der Waals surface area contributed by atoms with E-state index in [0.717, 1.165) is 12.8 Å². The fourth-order valence-electron chi connectivity index (χ4n) is 2.12. The lowest BCUT2D eigenvalue weighted by Gasteiger charge is -2.12. The van der Waals surface area contributed by atoms with Crippen molar-refractivity contribution in [1.82, 2.24) is 0 Å². The monoisotopic (exact) mass is 194 g/mol. The summed E-state index contributed by atoms with van der Waals surface area (Å²) in [6.45, 7) is 4.21. The Kier molecular flexibility index (Phi) is 2.24. The summed E-state index contributed by atoms with van der Waals surface area (Å²) in [5.74, 6) is 1.20. The SMILES string of the molecule is Cc1ccsc1C1CCC(=O)C1C. The highest BCUT2D eigenvalue weighted by Crippen LogP contribution is 2.40. The number of thiophene rings is 1. The average Bonchev–Trinajstić information content (AvgIpc) is 2.62. The fraction of sp³-hybridized carbons (Fsp3) is 0.545. The van der Waals surface area contributed by atoms with Crippen molar-refractivity contribution in [3.8, 4) is 0 Å². The number of carbonyl (C=O) groups is 1. The third kappa shape index (κ3) is 1.44. The molecule has 0 bridgehead atoms. The number of hydrogen-bond donors (Lipinski definition) is 0. The van der Waals surface area contributed by atoms with E-state index in [1.54, 1.807) is 11.3 Å². The lowest BCUT2D eigenvalue weighted by atomic mass is 9.94. The number of rotatable bonds is 1. The second-order valence-corrected chi connectivity index (χ2v) is 4.82. The summed E-state index contributed by atoms with van der Waals surface area (Å²) in [7, 11) is 0. The molecule has 0 amide bonds. The van der Waals surface area contributed by atoms with Gasteiger partial charge in [-0.15, -0.1) is 11.3 Å². The van der Waals surface area contributed by atoms with Crippen LogP contribution in [-0.2, 0) is 4.79 Å². The quantitative estimate of drug-likeness (QED) is 0.671. The Balaban J connectivity index is 2.28. The van der Waals surface area contributed by atoms with E-state index in [2.05, 4.69) is 25.3 Å². The molecule has 0 N–H and O–H groups in total. The van der Waals surface area contributed by atoms with Crippen molar-refractivity contribution in [1.29, 1.82) is 0 Å². The number of aryl methyl sites for hydroxylation is 1. The second kappa shape index (κ2) is 3.26. The lowest BCUT2D eigenvalue weighted by molar-refractivity contribution is -0.120. The van der Waals surface area contributed by atoms with E-state index in [0.29, 0.717) is 11.7 Å². The van der Waals surface area contributed by atoms with Crippen LogP contribution in [0.25, 0.3) is 0 Å². The van der Waals surface area contributed by atoms with Gasteiger partial charge in [0.15, 0.2) is 0 Å². The van der Waals surface area contributed by atoms with E-state index in [1.807, 2.05) is 0 Å². The number of hydrogen-bond acceptors (Lipinski definition) is 2. The van der Waals surface area contributed by atoms with Gasteiger partial charge < -0.3 is 0 Å². The van der Waals surface area contributed by atoms with Gasteiger partial charge in [0.05, 0.1) is 0 Å². The van der Waals surface area contributed by atoms with Crippen molar-refractivity contribution in [2.24, 2.45) is 5.92 Å². The Morgan fingerprint density at radius 3 is 2.77 bits per heavy atom. The summed E-state index contributed by atoms with van der Waals surface area (Å²) >= 11 is 1.80. The lowest BCUT2D eigenvalue weighted by Crippen LogP contribution is -2.08. The van der Waals surface area contributed by atoms with Gasteiger partial charge in [-0.3, -0.25) is 4.79 Å². The van der Waals surface area contributed by atoms with E-state index in [4.69, 9.17) is 0 Å². The summed E-state index contributed by atoms with van der Waals surface area (Å²) in [5.41, 5.74) is 1.36. The van der Waals surface area contributed by atoms with E-state index >= 15 is 0 Å². The van der Waals surface area contributed by atoms with E-state index in [-0.39, 0.29) is 5.92 Å². The van der Waals surface area contributed by atoms with Crippen molar-refractivity contribution in [2.45, 2.75) is 32.6 Å². The molecule has 0 saturated heterocycles. The van der Waals surface area contributed by atoms with Gasteiger partial charge in [-0.05, 0) is 30.4 Å². The number of carbonyl (C=O) groups excluding carboxylic acids is 1. The first-order valence-electron chi connectivity index (χ1n) is 4.77. The molecule has 1 fully saturated rings. The fourth-order valence-corrected chi connectivity index (χ4v) is 3.29. The molecule has 0 aliphatic heterocycles. The zero-order valence-electron chi connectivity index (χ0n) is 8.04. The van der Waals surface area contributed by atoms with Crippen molar-refractivity contribution < 1.29 is 4.79 Å². The molecule has 1 aliphatic rings. The van der Waals surface area contributed by atoms with Crippen molar-refractivity contribution in [2.75, 3.05) is 0 Å². The van der Waals surface area contributed by atoms with E-state index in [9.17, 15) is 4.79 Å². The molecule has 0 spiro atoms. The molecule has 1 heterocycles. The van der Waals surface area contributed by atoms with Crippen LogP contribution in [0.2, 0.25) is 0 Å². The van der Waals surface area contributed by atoms with Gasteiger partial charge in [-0.25, -0.2) is 0 Å². The first-order valence-corrected chi connectivity index (χ1v) is 5.65. The summed E-state index contributed by atoms with van der Waals surface area (Å²) in [4.78, 5) is 12.8. The molecule has 1 aromatic heterocycles. The number of ketones is 1. The summed E-state index contributed by atoms with van der Waals surface area (Å²) in [5, 5.41) is 2.13.